The van der Waals surface area contributed by atoms with Crippen molar-refractivity contribution < 1.29 is 4.74 Å². The lowest BCUT2D eigenvalue weighted by Gasteiger charge is -2.19. The Labute approximate surface area is 124 Å². The molecule has 20 heavy (non-hydrogen) atoms. The number of halogens is 1. The van der Waals surface area contributed by atoms with Crippen molar-refractivity contribution >= 4 is 11.6 Å². The molecule has 0 aliphatic carbocycles. The summed E-state index contributed by atoms with van der Waals surface area (Å²) < 4.78 is 7.32. The van der Waals surface area contributed by atoms with E-state index in [2.05, 4.69) is 17.2 Å². The average molecular weight is 294 g/mol. The fourth-order valence-electron chi connectivity index (χ4n) is 2.16. The molecule has 1 heterocycles. The van der Waals surface area contributed by atoms with Crippen molar-refractivity contribution in [2.75, 3.05) is 13.7 Å². The number of aromatic nitrogens is 2. The second kappa shape index (κ2) is 6.77. The quantitative estimate of drug-likeness (QED) is 0.889. The molecule has 0 fully saturated rings. The van der Waals surface area contributed by atoms with E-state index in [1.165, 1.54) is 0 Å². The number of rotatable bonds is 6. The van der Waals surface area contributed by atoms with Crippen LogP contribution in [0.3, 0.4) is 0 Å². The van der Waals surface area contributed by atoms with Gasteiger partial charge in [0, 0.05) is 19.4 Å². The van der Waals surface area contributed by atoms with Crippen molar-refractivity contribution in [2.45, 2.75) is 19.4 Å². The number of methoxy groups -OCH3 is 1. The average Bonchev–Trinajstić information content (AvgIpc) is 2.87. The number of nitrogens with one attached hydrogen (secondary N) is 1. The van der Waals surface area contributed by atoms with Gasteiger partial charge in [-0.2, -0.15) is 0 Å². The number of ether oxygens (including phenoxy) is 1. The molecule has 2 aromatic rings. The third-order valence-corrected chi connectivity index (χ3v) is 3.54. The number of hydrogen-bond acceptors (Lipinski definition) is 3. The number of hydrogen-bond donors (Lipinski definition) is 1. The molecular weight excluding hydrogens is 274 g/mol. The summed E-state index contributed by atoms with van der Waals surface area (Å²) in [6.45, 7) is 3.06. The van der Waals surface area contributed by atoms with Gasteiger partial charge in [0.2, 0.25) is 0 Å². The van der Waals surface area contributed by atoms with Gasteiger partial charge < -0.3 is 14.6 Å². The van der Waals surface area contributed by atoms with Crippen molar-refractivity contribution in [1.29, 1.82) is 0 Å². The van der Waals surface area contributed by atoms with Crippen molar-refractivity contribution in [1.82, 2.24) is 14.9 Å². The molecule has 1 aromatic heterocycles. The van der Waals surface area contributed by atoms with E-state index in [4.69, 9.17) is 16.3 Å². The van der Waals surface area contributed by atoms with Gasteiger partial charge in [-0.3, -0.25) is 0 Å². The summed E-state index contributed by atoms with van der Waals surface area (Å²) in [5, 5.41) is 4.13. The molecule has 0 spiro atoms. The molecule has 5 heteroatoms. The molecule has 2 rings (SSSR count). The number of nitrogens with zero attached hydrogens (tertiary/aromatic N) is 2. The molecule has 0 aliphatic rings. The first kappa shape index (κ1) is 14.9. The highest BCUT2D eigenvalue weighted by atomic mass is 35.5. The van der Waals surface area contributed by atoms with Gasteiger partial charge in [-0.1, -0.05) is 24.6 Å². The fourth-order valence-corrected chi connectivity index (χ4v) is 2.35. The third kappa shape index (κ3) is 3.14. The normalized spacial score (nSPS) is 12.4. The minimum Gasteiger partial charge on any atom is -0.495 e. The zero-order valence-corrected chi connectivity index (χ0v) is 12.8. The highest BCUT2D eigenvalue weighted by molar-refractivity contribution is 6.32. The van der Waals surface area contributed by atoms with E-state index >= 15 is 0 Å². The van der Waals surface area contributed by atoms with Gasteiger partial charge in [0.25, 0.3) is 0 Å². The summed E-state index contributed by atoms with van der Waals surface area (Å²) >= 11 is 6.10. The predicted octanol–water partition coefficient (Wildman–Crippen LogP) is 3.17. The standard InChI is InChI=1S/C15H20ClN3O/c1-4-7-17-14(15-18-8-9-19(15)2)11-5-6-12(16)13(10-11)20-3/h5-6,8-10,14,17H,4,7H2,1-3H3. The van der Waals surface area contributed by atoms with Crippen LogP contribution in [0, 0.1) is 0 Å². The lowest BCUT2D eigenvalue weighted by atomic mass is 10.1. The zero-order chi connectivity index (χ0) is 14.5. The maximum atomic E-state index is 6.10. The van der Waals surface area contributed by atoms with Crippen LogP contribution in [0.1, 0.15) is 30.8 Å². The monoisotopic (exact) mass is 293 g/mol. The van der Waals surface area contributed by atoms with Gasteiger partial charge in [0.05, 0.1) is 18.2 Å². The second-order valence-corrected chi connectivity index (χ2v) is 5.08. The van der Waals surface area contributed by atoms with Crippen LogP contribution in [0.2, 0.25) is 5.02 Å². The van der Waals surface area contributed by atoms with Gasteiger partial charge in [-0.05, 0) is 30.7 Å². The van der Waals surface area contributed by atoms with E-state index in [0.29, 0.717) is 10.8 Å². The number of imidazole rings is 1. The maximum Gasteiger partial charge on any atom is 0.137 e. The molecule has 0 saturated carbocycles. The van der Waals surface area contributed by atoms with Crippen LogP contribution >= 0.6 is 11.6 Å². The van der Waals surface area contributed by atoms with Gasteiger partial charge in [0.15, 0.2) is 0 Å². The minimum absolute atomic E-state index is 0.0288. The summed E-state index contributed by atoms with van der Waals surface area (Å²) in [7, 11) is 3.62. The maximum absolute atomic E-state index is 6.10. The first-order valence-corrected chi connectivity index (χ1v) is 7.09. The largest absolute Gasteiger partial charge is 0.495 e. The van der Waals surface area contributed by atoms with Crippen LogP contribution in [-0.2, 0) is 7.05 Å². The molecule has 108 valence electrons. The SMILES string of the molecule is CCCNC(c1ccc(Cl)c(OC)c1)c1nccn1C. The number of benzene rings is 1. The Kier molecular flexibility index (Phi) is 5.04. The topological polar surface area (TPSA) is 39.1 Å². The predicted molar refractivity (Wildman–Crippen MR) is 81.3 cm³/mol. The Hall–Kier alpha value is -1.52. The van der Waals surface area contributed by atoms with E-state index in [-0.39, 0.29) is 6.04 Å². The van der Waals surface area contributed by atoms with Crippen LogP contribution in [0.15, 0.2) is 30.6 Å². The summed E-state index contributed by atoms with van der Waals surface area (Å²) in [5.41, 5.74) is 1.09. The lowest BCUT2D eigenvalue weighted by molar-refractivity contribution is 0.413. The molecule has 0 aliphatic heterocycles. The van der Waals surface area contributed by atoms with Gasteiger partial charge in [-0.15, -0.1) is 0 Å². The van der Waals surface area contributed by atoms with Crippen LogP contribution in [0.4, 0.5) is 0 Å². The summed E-state index contributed by atoms with van der Waals surface area (Å²) in [6, 6.07) is 5.86. The summed E-state index contributed by atoms with van der Waals surface area (Å²) in [5.74, 6) is 1.66. The summed E-state index contributed by atoms with van der Waals surface area (Å²) in [4.78, 5) is 4.45. The minimum atomic E-state index is 0.0288. The van der Waals surface area contributed by atoms with Crippen molar-refractivity contribution in [3.8, 4) is 5.75 Å². The highest BCUT2D eigenvalue weighted by Gasteiger charge is 2.18. The Balaban J connectivity index is 2.38. The molecule has 0 saturated heterocycles. The van der Waals surface area contributed by atoms with E-state index in [0.717, 1.165) is 24.4 Å². The molecule has 1 unspecified atom stereocenters. The first-order chi connectivity index (χ1) is 9.67. The van der Waals surface area contributed by atoms with Gasteiger partial charge >= 0.3 is 0 Å². The van der Waals surface area contributed by atoms with Crippen molar-refractivity contribution in [3.05, 3.63) is 47.0 Å². The number of aryl methyl sites for hydroxylation is 1. The van der Waals surface area contributed by atoms with E-state index in [1.54, 1.807) is 7.11 Å². The van der Waals surface area contributed by atoms with E-state index in [9.17, 15) is 0 Å². The molecule has 0 amide bonds. The van der Waals surface area contributed by atoms with E-state index in [1.807, 2.05) is 42.2 Å². The molecule has 1 aromatic carbocycles. The first-order valence-electron chi connectivity index (χ1n) is 6.71. The summed E-state index contributed by atoms with van der Waals surface area (Å²) in [6.07, 6.45) is 4.82. The Morgan fingerprint density at radius 2 is 2.25 bits per heavy atom. The zero-order valence-electron chi connectivity index (χ0n) is 12.1. The molecule has 0 radical (unpaired) electrons. The van der Waals surface area contributed by atoms with Gasteiger partial charge in [0.1, 0.15) is 11.6 Å². The van der Waals surface area contributed by atoms with Gasteiger partial charge in [-0.25, -0.2) is 4.98 Å². The van der Waals surface area contributed by atoms with Crippen molar-refractivity contribution in [3.63, 3.8) is 0 Å². The Morgan fingerprint density at radius 1 is 1.45 bits per heavy atom. The highest BCUT2D eigenvalue weighted by Crippen LogP contribution is 2.29. The Bertz CT molecular complexity index is 568. The molecule has 1 N–H and O–H groups in total. The van der Waals surface area contributed by atoms with E-state index < -0.39 is 0 Å². The van der Waals surface area contributed by atoms with Crippen LogP contribution in [0.5, 0.6) is 5.75 Å². The second-order valence-electron chi connectivity index (χ2n) is 4.68. The molecule has 1 atom stereocenters. The third-order valence-electron chi connectivity index (χ3n) is 3.22. The van der Waals surface area contributed by atoms with Crippen molar-refractivity contribution in [2.24, 2.45) is 7.05 Å². The smallest absolute Gasteiger partial charge is 0.137 e. The molecule has 4 nitrogen and oxygen atoms in total. The molecular formula is C15H20ClN3O. The molecule has 0 bridgehead atoms. The Morgan fingerprint density at radius 3 is 2.85 bits per heavy atom. The lowest BCUT2D eigenvalue weighted by Crippen LogP contribution is -2.25. The van der Waals surface area contributed by atoms with Crippen LogP contribution in [0.25, 0.3) is 0 Å². The fraction of sp³-hybridized carbons (Fsp3) is 0.400. The van der Waals surface area contributed by atoms with Crippen LogP contribution < -0.4 is 10.1 Å². The van der Waals surface area contributed by atoms with Crippen LogP contribution in [-0.4, -0.2) is 23.2 Å².